The highest BCUT2D eigenvalue weighted by atomic mass is 16.4. The second-order valence-corrected chi connectivity index (χ2v) is 7.15. The van der Waals surface area contributed by atoms with Gasteiger partial charge in [0.25, 0.3) is 0 Å². The number of rotatable bonds is 19. The van der Waals surface area contributed by atoms with Crippen molar-refractivity contribution in [3.05, 3.63) is 36.5 Å². The number of carboxylic acid groups (broad SMARTS) is 1. The Hall–Kier alpha value is -1.84. The second-order valence-electron chi connectivity index (χ2n) is 7.15. The summed E-state index contributed by atoms with van der Waals surface area (Å²) in [5, 5.41) is 11.5. The minimum Gasteiger partial charge on any atom is -0.481 e. The summed E-state index contributed by atoms with van der Waals surface area (Å²) in [4.78, 5) is 22.1. The quantitative estimate of drug-likeness (QED) is 0.199. The van der Waals surface area contributed by atoms with Gasteiger partial charge in [-0.2, -0.15) is 0 Å². The molecule has 4 nitrogen and oxygen atoms in total. The van der Waals surface area contributed by atoms with Crippen LogP contribution in [0.15, 0.2) is 36.5 Å². The number of amides is 1. The molecule has 0 heterocycles. The molecule has 0 bridgehead atoms. The third-order valence-corrected chi connectivity index (χ3v) is 4.44. The van der Waals surface area contributed by atoms with E-state index in [0.29, 0.717) is 19.4 Å². The number of carbonyl (C=O) groups excluding carboxylic acids is 1. The minimum atomic E-state index is -0.747. The monoisotopic (exact) mass is 391 g/mol. The molecule has 1 amide bonds. The maximum Gasteiger partial charge on any atom is 0.303 e. The summed E-state index contributed by atoms with van der Waals surface area (Å²) in [6.07, 6.45) is 26.6. The lowest BCUT2D eigenvalue weighted by atomic mass is 10.1. The first-order valence-corrected chi connectivity index (χ1v) is 11.1. The molecule has 2 N–H and O–H groups in total. The van der Waals surface area contributed by atoms with E-state index in [1.165, 1.54) is 19.3 Å². The number of hydrogen-bond donors (Lipinski definition) is 2. The van der Waals surface area contributed by atoms with Crippen LogP contribution in [-0.4, -0.2) is 23.5 Å². The molecule has 0 radical (unpaired) electrons. The average molecular weight is 392 g/mol. The molecule has 0 aromatic rings. The molecular formula is C24H41NO3. The molecule has 0 saturated heterocycles. The maximum absolute atomic E-state index is 11.7. The summed E-state index contributed by atoms with van der Waals surface area (Å²) in [6.45, 7) is 2.81. The molecule has 0 spiro atoms. The third kappa shape index (κ3) is 22.2. The van der Waals surface area contributed by atoms with Gasteiger partial charge in [-0.05, 0) is 51.4 Å². The van der Waals surface area contributed by atoms with Crippen molar-refractivity contribution in [3.63, 3.8) is 0 Å². The number of nitrogens with one attached hydrogen (secondary N) is 1. The zero-order valence-electron chi connectivity index (χ0n) is 17.8. The molecule has 0 saturated carbocycles. The van der Waals surface area contributed by atoms with Crippen molar-refractivity contribution in [2.75, 3.05) is 6.54 Å². The van der Waals surface area contributed by atoms with Crippen molar-refractivity contribution in [3.8, 4) is 0 Å². The van der Waals surface area contributed by atoms with Gasteiger partial charge < -0.3 is 10.4 Å². The highest BCUT2D eigenvalue weighted by molar-refractivity contribution is 5.75. The van der Waals surface area contributed by atoms with E-state index in [1.54, 1.807) is 0 Å². The molecule has 0 aliphatic rings. The molecule has 4 heteroatoms. The molecule has 0 unspecified atom stereocenters. The van der Waals surface area contributed by atoms with E-state index < -0.39 is 5.97 Å². The summed E-state index contributed by atoms with van der Waals surface area (Å²) in [5.74, 6) is -0.623. The third-order valence-electron chi connectivity index (χ3n) is 4.44. The van der Waals surface area contributed by atoms with Gasteiger partial charge in [0.15, 0.2) is 0 Å². The van der Waals surface area contributed by atoms with Gasteiger partial charge in [-0.3, -0.25) is 9.59 Å². The highest BCUT2D eigenvalue weighted by Crippen LogP contribution is 2.08. The number of carboxylic acids is 1. The van der Waals surface area contributed by atoms with E-state index in [1.807, 2.05) is 0 Å². The Morgan fingerprint density at radius 2 is 1.29 bits per heavy atom. The first kappa shape index (κ1) is 26.2. The molecule has 0 fully saturated rings. The Labute approximate surface area is 172 Å². The smallest absolute Gasteiger partial charge is 0.303 e. The lowest BCUT2D eigenvalue weighted by molar-refractivity contribution is -0.137. The van der Waals surface area contributed by atoms with Crippen molar-refractivity contribution < 1.29 is 14.7 Å². The van der Waals surface area contributed by atoms with Crippen LogP contribution in [0.25, 0.3) is 0 Å². The summed E-state index contributed by atoms with van der Waals surface area (Å²) in [5.41, 5.74) is 0. The predicted molar refractivity (Wildman–Crippen MR) is 118 cm³/mol. The molecule has 0 atom stereocenters. The van der Waals surface area contributed by atoms with Gasteiger partial charge in [0.2, 0.25) is 5.91 Å². The van der Waals surface area contributed by atoms with E-state index in [9.17, 15) is 9.59 Å². The van der Waals surface area contributed by atoms with Crippen LogP contribution in [0.4, 0.5) is 0 Å². The summed E-state index contributed by atoms with van der Waals surface area (Å²) in [7, 11) is 0. The summed E-state index contributed by atoms with van der Waals surface area (Å²) >= 11 is 0. The van der Waals surface area contributed by atoms with Crippen molar-refractivity contribution in [1.29, 1.82) is 0 Å². The van der Waals surface area contributed by atoms with Gasteiger partial charge in [-0.15, -0.1) is 0 Å². The summed E-state index contributed by atoms with van der Waals surface area (Å²) < 4.78 is 0. The van der Waals surface area contributed by atoms with E-state index in [2.05, 4.69) is 48.7 Å². The van der Waals surface area contributed by atoms with Crippen molar-refractivity contribution in [2.24, 2.45) is 0 Å². The average Bonchev–Trinajstić information content (AvgIpc) is 2.67. The lowest BCUT2D eigenvalue weighted by Crippen LogP contribution is -2.23. The standard InChI is InChI=1S/C24H41NO3/c1-2-3-4-5-6-7-8-9-10-11-12-13-14-15-17-20-23(26)25-22-19-16-18-21-24(27)28/h3-4,6-7,9-10H,2,5,8,11-22H2,1H3,(H,25,26)(H,27,28)/b4-3-,7-6-,10-9-. The number of hydrogen-bond acceptors (Lipinski definition) is 2. The van der Waals surface area contributed by atoms with Crippen molar-refractivity contribution >= 4 is 11.9 Å². The first-order chi connectivity index (χ1) is 13.7. The van der Waals surface area contributed by atoms with Gasteiger partial charge in [0.05, 0.1) is 0 Å². The van der Waals surface area contributed by atoms with Gasteiger partial charge in [-0.25, -0.2) is 0 Å². The SMILES string of the molecule is CC/C=C\C/C=C\C/C=C\CCCCCCCC(=O)NCCCCCC(=O)O. The van der Waals surface area contributed by atoms with E-state index in [0.717, 1.165) is 51.4 Å². The Morgan fingerprint density at radius 1 is 0.714 bits per heavy atom. The first-order valence-electron chi connectivity index (χ1n) is 11.1. The fraction of sp³-hybridized carbons (Fsp3) is 0.667. The maximum atomic E-state index is 11.7. The number of unbranched alkanes of at least 4 members (excludes halogenated alkanes) is 7. The predicted octanol–water partition coefficient (Wildman–Crippen LogP) is 6.34. The van der Waals surface area contributed by atoms with Crippen LogP contribution in [0.1, 0.15) is 96.8 Å². The Morgan fingerprint density at radius 3 is 2.00 bits per heavy atom. The normalized spacial score (nSPS) is 11.8. The zero-order chi connectivity index (χ0) is 20.7. The molecule has 160 valence electrons. The Balaban J connectivity index is 3.31. The van der Waals surface area contributed by atoms with E-state index in [4.69, 9.17) is 5.11 Å². The second kappa shape index (κ2) is 21.5. The topological polar surface area (TPSA) is 66.4 Å². The number of allylic oxidation sites excluding steroid dienone is 6. The van der Waals surface area contributed by atoms with Gasteiger partial charge >= 0.3 is 5.97 Å². The zero-order valence-corrected chi connectivity index (χ0v) is 17.8. The summed E-state index contributed by atoms with van der Waals surface area (Å²) in [6, 6.07) is 0. The van der Waals surface area contributed by atoms with E-state index >= 15 is 0 Å². The fourth-order valence-electron chi connectivity index (χ4n) is 2.80. The van der Waals surface area contributed by atoms with Crippen molar-refractivity contribution in [1.82, 2.24) is 5.32 Å². The molecule has 0 aromatic carbocycles. The number of carbonyl (C=O) groups is 2. The van der Waals surface area contributed by atoms with Crippen LogP contribution in [0.2, 0.25) is 0 Å². The largest absolute Gasteiger partial charge is 0.481 e. The molecule has 0 rings (SSSR count). The van der Waals surface area contributed by atoms with Crippen LogP contribution in [0.5, 0.6) is 0 Å². The molecule has 0 aliphatic heterocycles. The molecular weight excluding hydrogens is 350 g/mol. The Bertz CT molecular complexity index is 466. The molecule has 28 heavy (non-hydrogen) atoms. The van der Waals surface area contributed by atoms with Gasteiger partial charge in [-0.1, -0.05) is 69.1 Å². The highest BCUT2D eigenvalue weighted by Gasteiger charge is 2.01. The van der Waals surface area contributed by atoms with Crippen LogP contribution in [0, 0.1) is 0 Å². The van der Waals surface area contributed by atoms with Crippen LogP contribution in [-0.2, 0) is 9.59 Å². The Kier molecular flexibility index (Phi) is 20.0. The number of aliphatic carboxylic acids is 1. The molecule has 0 aromatic heterocycles. The van der Waals surface area contributed by atoms with Crippen LogP contribution < -0.4 is 5.32 Å². The van der Waals surface area contributed by atoms with E-state index in [-0.39, 0.29) is 12.3 Å². The van der Waals surface area contributed by atoms with Crippen LogP contribution in [0.3, 0.4) is 0 Å². The van der Waals surface area contributed by atoms with Crippen LogP contribution >= 0.6 is 0 Å². The lowest BCUT2D eigenvalue weighted by Gasteiger charge is -2.05. The van der Waals surface area contributed by atoms with Gasteiger partial charge in [0, 0.05) is 19.4 Å². The van der Waals surface area contributed by atoms with Gasteiger partial charge in [0.1, 0.15) is 0 Å². The fourth-order valence-corrected chi connectivity index (χ4v) is 2.80. The molecule has 0 aliphatic carbocycles. The minimum absolute atomic E-state index is 0.124. The van der Waals surface area contributed by atoms with Crippen molar-refractivity contribution in [2.45, 2.75) is 96.8 Å².